The van der Waals surface area contributed by atoms with Gasteiger partial charge in [-0.15, -0.1) is 0 Å². The van der Waals surface area contributed by atoms with Crippen LogP contribution in [0.3, 0.4) is 0 Å². The van der Waals surface area contributed by atoms with Crippen molar-refractivity contribution in [1.29, 1.82) is 0 Å². The van der Waals surface area contributed by atoms with E-state index in [4.69, 9.17) is 4.42 Å². The Labute approximate surface area is 228 Å². The molecule has 2 N–H and O–H groups in total. The highest BCUT2D eigenvalue weighted by molar-refractivity contribution is 7.92. The molecule has 6 rings (SSSR count). The molecule has 200 valence electrons. The molecule has 2 aliphatic carbocycles. The van der Waals surface area contributed by atoms with E-state index < -0.39 is 21.1 Å². The average molecular weight is 542 g/mol. The molecule has 6 nitrogen and oxygen atoms in total. The third-order valence-electron chi connectivity index (χ3n) is 8.20. The standard InChI is InChI=1S/C32H31NO5S/c34-27-21-28(32(18-19-32)22-24-8-3-1-4-9-24)38-30(35)29(27)31(16-17-31)15-14-23-10-7-11-25(20-23)33-39(36,37)26-12-5-2-6-13-26/h1-13,20-21,33-34H,14-19,22H2. The van der Waals surface area contributed by atoms with Crippen molar-refractivity contribution < 1.29 is 17.9 Å². The van der Waals surface area contributed by atoms with Gasteiger partial charge in [0.1, 0.15) is 11.5 Å². The first-order chi connectivity index (χ1) is 18.8. The van der Waals surface area contributed by atoms with Crippen molar-refractivity contribution in [1.82, 2.24) is 0 Å². The Balaban J connectivity index is 1.17. The van der Waals surface area contributed by atoms with E-state index in [0.717, 1.165) is 37.7 Å². The van der Waals surface area contributed by atoms with Crippen LogP contribution in [0.1, 0.15) is 54.6 Å². The van der Waals surface area contributed by atoms with E-state index in [1.807, 2.05) is 36.4 Å². The third kappa shape index (κ3) is 5.23. The molecular weight excluding hydrogens is 510 g/mol. The number of anilines is 1. The lowest BCUT2D eigenvalue weighted by atomic mass is 9.88. The summed E-state index contributed by atoms with van der Waals surface area (Å²) in [6, 6.07) is 27.4. The van der Waals surface area contributed by atoms with Crippen LogP contribution in [-0.2, 0) is 33.7 Å². The number of sulfonamides is 1. The first-order valence-electron chi connectivity index (χ1n) is 13.4. The molecule has 0 aliphatic heterocycles. The smallest absolute Gasteiger partial charge is 0.343 e. The molecule has 3 aromatic carbocycles. The summed E-state index contributed by atoms with van der Waals surface area (Å²) in [7, 11) is -3.68. The molecule has 0 bridgehead atoms. The summed E-state index contributed by atoms with van der Waals surface area (Å²) < 4.78 is 34.0. The lowest BCUT2D eigenvalue weighted by Crippen LogP contribution is -2.22. The van der Waals surface area contributed by atoms with E-state index in [-0.39, 0.29) is 16.1 Å². The van der Waals surface area contributed by atoms with Gasteiger partial charge in [0.05, 0.1) is 10.5 Å². The molecule has 39 heavy (non-hydrogen) atoms. The molecule has 1 aromatic heterocycles. The lowest BCUT2D eigenvalue weighted by molar-refractivity contribution is 0.370. The minimum Gasteiger partial charge on any atom is -0.507 e. The number of hydrogen-bond donors (Lipinski definition) is 2. The first-order valence-corrected chi connectivity index (χ1v) is 14.9. The predicted octanol–water partition coefficient (Wildman–Crippen LogP) is 6.08. The highest BCUT2D eigenvalue weighted by Gasteiger charge is 2.51. The summed E-state index contributed by atoms with van der Waals surface area (Å²) in [5, 5.41) is 11.0. The summed E-state index contributed by atoms with van der Waals surface area (Å²) in [6.45, 7) is 0. The summed E-state index contributed by atoms with van der Waals surface area (Å²) in [5.41, 5.74) is 1.93. The molecule has 0 radical (unpaired) electrons. The zero-order valence-corrected chi connectivity index (χ0v) is 22.4. The van der Waals surface area contributed by atoms with Crippen LogP contribution >= 0.6 is 0 Å². The number of aromatic hydroxyl groups is 1. The van der Waals surface area contributed by atoms with Gasteiger partial charge in [-0.05, 0) is 80.3 Å². The molecule has 2 fully saturated rings. The average Bonchev–Trinajstić information content (AvgIpc) is 3.86. The van der Waals surface area contributed by atoms with Crippen molar-refractivity contribution in [2.75, 3.05) is 4.72 Å². The van der Waals surface area contributed by atoms with E-state index in [0.29, 0.717) is 29.9 Å². The quantitative estimate of drug-likeness (QED) is 0.253. The molecule has 0 spiro atoms. The van der Waals surface area contributed by atoms with Gasteiger partial charge in [-0.25, -0.2) is 13.2 Å². The van der Waals surface area contributed by atoms with Crippen molar-refractivity contribution in [3.8, 4) is 5.75 Å². The van der Waals surface area contributed by atoms with Gasteiger partial charge < -0.3 is 9.52 Å². The van der Waals surface area contributed by atoms with Crippen molar-refractivity contribution in [3.63, 3.8) is 0 Å². The van der Waals surface area contributed by atoms with Gasteiger partial charge in [0.25, 0.3) is 10.0 Å². The van der Waals surface area contributed by atoms with Gasteiger partial charge in [0, 0.05) is 22.6 Å². The molecule has 2 aliphatic rings. The summed E-state index contributed by atoms with van der Waals surface area (Å²) in [6.07, 6.45) is 5.55. The summed E-state index contributed by atoms with van der Waals surface area (Å²) >= 11 is 0. The monoisotopic (exact) mass is 541 g/mol. The van der Waals surface area contributed by atoms with Crippen LogP contribution in [-0.4, -0.2) is 13.5 Å². The van der Waals surface area contributed by atoms with Crippen molar-refractivity contribution in [2.45, 2.75) is 60.7 Å². The molecule has 0 saturated heterocycles. The first kappa shape index (κ1) is 25.4. The van der Waals surface area contributed by atoms with Gasteiger partial charge in [-0.3, -0.25) is 4.72 Å². The molecule has 7 heteroatoms. The predicted molar refractivity (Wildman–Crippen MR) is 151 cm³/mol. The van der Waals surface area contributed by atoms with Crippen molar-refractivity contribution in [3.05, 3.63) is 124 Å². The fraction of sp³-hybridized carbons (Fsp3) is 0.281. The van der Waals surface area contributed by atoms with E-state index >= 15 is 0 Å². The van der Waals surface area contributed by atoms with E-state index in [1.54, 1.807) is 42.5 Å². The van der Waals surface area contributed by atoms with E-state index in [1.165, 1.54) is 5.56 Å². The minimum atomic E-state index is -3.68. The molecule has 1 heterocycles. The number of hydrogen-bond acceptors (Lipinski definition) is 5. The molecule has 4 aromatic rings. The number of benzene rings is 3. The maximum Gasteiger partial charge on any atom is 0.343 e. The Hall–Kier alpha value is -3.84. The lowest BCUT2D eigenvalue weighted by Gasteiger charge is -2.19. The normalized spacial score (nSPS) is 16.9. The maximum atomic E-state index is 13.2. The zero-order chi connectivity index (χ0) is 27.1. The van der Waals surface area contributed by atoms with Crippen LogP contribution in [0.25, 0.3) is 0 Å². The maximum absolute atomic E-state index is 13.2. The molecule has 2 saturated carbocycles. The van der Waals surface area contributed by atoms with Crippen LogP contribution in [0.4, 0.5) is 5.69 Å². The largest absolute Gasteiger partial charge is 0.507 e. The zero-order valence-electron chi connectivity index (χ0n) is 21.6. The second kappa shape index (κ2) is 9.72. The van der Waals surface area contributed by atoms with E-state index in [9.17, 15) is 18.3 Å². The highest BCUT2D eigenvalue weighted by Crippen LogP contribution is 2.55. The Morgan fingerprint density at radius 2 is 1.44 bits per heavy atom. The fourth-order valence-electron chi connectivity index (χ4n) is 5.64. The number of rotatable bonds is 10. The van der Waals surface area contributed by atoms with Crippen molar-refractivity contribution in [2.24, 2.45) is 0 Å². The fourth-order valence-corrected chi connectivity index (χ4v) is 6.71. The summed E-state index contributed by atoms with van der Waals surface area (Å²) in [5.74, 6) is 0.606. The third-order valence-corrected chi connectivity index (χ3v) is 9.60. The topological polar surface area (TPSA) is 96.6 Å². The van der Waals surface area contributed by atoms with Gasteiger partial charge in [-0.2, -0.15) is 0 Å². The van der Waals surface area contributed by atoms with Gasteiger partial charge in [-0.1, -0.05) is 60.7 Å². The van der Waals surface area contributed by atoms with Crippen LogP contribution in [0, 0.1) is 0 Å². The van der Waals surface area contributed by atoms with Crippen molar-refractivity contribution >= 4 is 15.7 Å². The highest BCUT2D eigenvalue weighted by atomic mass is 32.2. The van der Waals surface area contributed by atoms with Gasteiger partial charge in [0.2, 0.25) is 0 Å². The van der Waals surface area contributed by atoms with Crippen LogP contribution in [0.15, 0.2) is 105 Å². The molecule has 0 atom stereocenters. The molecule has 0 unspecified atom stereocenters. The molecular formula is C32H31NO5S. The SMILES string of the molecule is O=c1oc(C2(Cc3ccccc3)CC2)cc(O)c1C1(CCc2cccc(NS(=O)(=O)c3ccccc3)c2)CC1. The second-order valence-electron chi connectivity index (χ2n) is 11.0. The van der Waals surface area contributed by atoms with Gasteiger partial charge >= 0.3 is 5.63 Å². The van der Waals surface area contributed by atoms with E-state index in [2.05, 4.69) is 16.9 Å². The Morgan fingerprint density at radius 3 is 2.08 bits per heavy atom. The number of nitrogens with one attached hydrogen (secondary N) is 1. The minimum absolute atomic E-state index is 0.0301. The van der Waals surface area contributed by atoms with Crippen LogP contribution in [0.2, 0.25) is 0 Å². The summed E-state index contributed by atoms with van der Waals surface area (Å²) in [4.78, 5) is 13.4. The van der Waals surface area contributed by atoms with Gasteiger partial charge in [0.15, 0.2) is 0 Å². The van der Waals surface area contributed by atoms with Crippen LogP contribution in [0.5, 0.6) is 5.75 Å². The van der Waals surface area contributed by atoms with Crippen LogP contribution < -0.4 is 10.3 Å². The Bertz CT molecular complexity index is 1650. The Kier molecular flexibility index (Phi) is 6.34. The molecule has 0 amide bonds. The number of aryl methyl sites for hydroxylation is 1. The second-order valence-corrected chi connectivity index (χ2v) is 12.7. The Morgan fingerprint density at radius 1 is 0.795 bits per heavy atom.